The molecule has 2 unspecified atom stereocenters. The van der Waals surface area contributed by atoms with Crippen LogP contribution in [-0.2, 0) is 11.3 Å². The Balaban J connectivity index is 1.74. The van der Waals surface area contributed by atoms with E-state index in [9.17, 15) is 4.79 Å². The number of amides is 1. The van der Waals surface area contributed by atoms with Crippen molar-refractivity contribution in [2.75, 3.05) is 6.54 Å². The number of fused-ring (bicyclic) bond motifs is 1. The molecule has 23 heavy (non-hydrogen) atoms. The lowest BCUT2D eigenvalue weighted by Gasteiger charge is -2.36. The standard InChI is InChI=1S/C17H18Cl2N2O2/c1-11-14-6-4-8-20(14)9-10-21(11)17(22)12(2)23-15-7-3-5-13(18)16(15)19/h3-8,11-12H,9-10H2,1-2H3. The highest BCUT2D eigenvalue weighted by Gasteiger charge is 2.31. The maximum Gasteiger partial charge on any atom is 0.263 e. The predicted octanol–water partition coefficient (Wildman–Crippen LogP) is 4.17. The van der Waals surface area contributed by atoms with E-state index in [0.29, 0.717) is 22.3 Å². The van der Waals surface area contributed by atoms with Crippen LogP contribution in [0.2, 0.25) is 10.0 Å². The summed E-state index contributed by atoms with van der Waals surface area (Å²) in [6, 6.07) is 9.21. The minimum Gasteiger partial charge on any atom is -0.479 e. The molecule has 4 nitrogen and oxygen atoms in total. The van der Waals surface area contributed by atoms with Gasteiger partial charge in [0.25, 0.3) is 5.91 Å². The normalized spacial score (nSPS) is 18.4. The van der Waals surface area contributed by atoms with Gasteiger partial charge in [0.1, 0.15) is 10.8 Å². The van der Waals surface area contributed by atoms with Crippen LogP contribution in [0.15, 0.2) is 36.5 Å². The first-order chi connectivity index (χ1) is 11.0. The molecule has 0 aliphatic carbocycles. The van der Waals surface area contributed by atoms with Crippen molar-refractivity contribution in [3.63, 3.8) is 0 Å². The first kappa shape index (κ1) is 16.2. The molecule has 1 aliphatic heterocycles. The molecule has 0 N–H and O–H groups in total. The molecule has 0 fully saturated rings. The van der Waals surface area contributed by atoms with E-state index < -0.39 is 6.10 Å². The van der Waals surface area contributed by atoms with Crippen molar-refractivity contribution in [1.29, 1.82) is 0 Å². The average molecular weight is 353 g/mol. The zero-order valence-electron chi connectivity index (χ0n) is 13.0. The van der Waals surface area contributed by atoms with Crippen LogP contribution in [0.25, 0.3) is 0 Å². The van der Waals surface area contributed by atoms with Gasteiger partial charge in [0.15, 0.2) is 6.10 Å². The van der Waals surface area contributed by atoms with Gasteiger partial charge in [-0.2, -0.15) is 0 Å². The van der Waals surface area contributed by atoms with E-state index in [-0.39, 0.29) is 11.9 Å². The van der Waals surface area contributed by atoms with Crippen LogP contribution in [-0.4, -0.2) is 28.0 Å². The van der Waals surface area contributed by atoms with Gasteiger partial charge in [0.05, 0.1) is 11.1 Å². The summed E-state index contributed by atoms with van der Waals surface area (Å²) in [6.07, 6.45) is 1.41. The predicted molar refractivity (Wildman–Crippen MR) is 91.1 cm³/mol. The van der Waals surface area contributed by atoms with Crippen LogP contribution in [0.3, 0.4) is 0 Å². The van der Waals surface area contributed by atoms with Crippen LogP contribution < -0.4 is 4.74 Å². The zero-order valence-corrected chi connectivity index (χ0v) is 14.5. The summed E-state index contributed by atoms with van der Waals surface area (Å²) < 4.78 is 7.92. The maximum atomic E-state index is 12.8. The third kappa shape index (κ3) is 3.06. The van der Waals surface area contributed by atoms with Gasteiger partial charge in [-0.05, 0) is 38.1 Å². The summed E-state index contributed by atoms with van der Waals surface area (Å²) in [4.78, 5) is 14.6. The van der Waals surface area contributed by atoms with E-state index in [1.165, 1.54) is 0 Å². The molecule has 0 spiro atoms. The van der Waals surface area contributed by atoms with E-state index in [0.717, 1.165) is 12.2 Å². The highest BCUT2D eigenvalue weighted by molar-refractivity contribution is 6.42. The quantitative estimate of drug-likeness (QED) is 0.830. The Morgan fingerprint density at radius 2 is 2.04 bits per heavy atom. The molecule has 0 radical (unpaired) electrons. The highest BCUT2D eigenvalue weighted by Crippen LogP contribution is 2.33. The fourth-order valence-corrected chi connectivity index (χ4v) is 3.27. The molecule has 122 valence electrons. The third-order valence-corrected chi connectivity index (χ3v) is 4.99. The molecular formula is C17H18Cl2N2O2. The number of hydrogen-bond acceptors (Lipinski definition) is 2. The van der Waals surface area contributed by atoms with Crippen LogP contribution in [0.5, 0.6) is 5.75 Å². The van der Waals surface area contributed by atoms with Crippen molar-refractivity contribution in [1.82, 2.24) is 9.47 Å². The molecule has 1 aliphatic rings. The highest BCUT2D eigenvalue weighted by atomic mass is 35.5. The molecular weight excluding hydrogens is 335 g/mol. The van der Waals surface area contributed by atoms with Crippen molar-refractivity contribution in [2.24, 2.45) is 0 Å². The summed E-state index contributed by atoms with van der Waals surface area (Å²) in [5.41, 5.74) is 1.14. The second-order valence-corrected chi connectivity index (χ2v) is 6.43. The molecule has 2 aromatic rings. The molecule has 0 bridgehead atoms. The molecule has 3 rings (SSSR count). The Labute approximate surface area is 145 Å². The number of hydrogen-bond donors (Lipinski definition) is 0. The van der Waals surface area contributed by atoms with Gasteiger partial charge in [0, 0.05) is 25.0 Å². The van der Waals surface area contributed by atoms with E-state index in [2.05, 4.69) is 4.57 Å². The largest absolute Gasteiger partial charge is 0.479 e. The minimum absolute atomic E-state index is 0.0205. The lowest BCUT2D eigenvalue weighted by molar-refractivity contribution is -0.141. The third-order valence-electron chi connectivity index (χ3n) is 4.19. The lowest BCUT2D eigenvalue weighted by Crippen LogP contribution is -2.46. The Bertz CT molecular complexity index is 729. The number of carbonyl (C=O) groups is 1. The van der Waals surface area contributed by atoms with Crippen LogP contribution >= 0.6 is 23.2 Å². The fraction of sp³-hybridized carbons (Fsp3) is 0.353. The topological polar surface area (TPSA) is 34.5 Å². The Hall–Kier alpha value is -1.65. The lowest BCUT2D eigenvalue weighted by atomic mass is 10.1. The smallest absolute Gasteiger partial charge is 0.263 e. The van der Waals surface area contributed by atoms with Gasteiger partial charge < -0.3 is 14.2 Å². The van der Waals surface area contributed by atoms with E-state index in [1.807, 2.05) is 30.2 Å². The second-order valence-electron chi connectivity index (χ2n) is 5.65. The van der Waals surface area contributed by atoms with Crippen LogP contribution in [0.4, 0.5) is 0 Å². The zero-order chi connectivity index (χ0) is 16.6. The summed E-state index contributed by atoms with van der Waals surface area (Å²) in [7, 11) is 0. The van der Waals surface area contributed by atoms with Crippen molar-refractivity contribution >= 4 is 29.1 Å². The molecule has 2 atom stereocenters. The minimum atomic E-state index is -0.630. The van der Waals surface area contributed by atoms with E-state index in [4.69, 9.17) is 27.9 Å². The molecule has 2 heterocycles. The number of benzene rings is 1. The maximum absolute atomic E-state index is 12.8. The van der Waals surface area contributed by atoms with Crippen molar-refractivity contribution in [3.8, 4) is 5.75 Å². The van der Waals surface area contributed by atoms with Gasteiger partial charge in [-0.1, -0.05) is 29.3 Å². The summed E-state index contributed by atoms with van der Waals surface area (Å²) in [6.45, 7) is 5.23. The summed E-state index contributed by atoms with van der Waals surface area (Å²) >= 11 is 12.1. The van der Waals surface area contributed by atoms with Gasteiger partial charge in [0.2, 0.25) is 0 Å². The Morgan fingerprint density at radius 1 is 1.26 bits per heavy atom. The van der Waals surface area contributed by atoms with Gasteiger partial charge >= 0.3 is 0 Å². The van der Waals surface area contributed by atoms with E-state index >= 15 is 0 Å². The molecule has 0 saturated heterocycles. The van der Waals surface area contributed by atoms with Crippen LogP contribution in [0.1, 0.15) is 25.6 Å². The van der Waals surface area contributed by atoms with Crippen molar-refractivity contribution in [3.05, 3.63) is 52.3 Å². The SMILES string of the molecule is CC(Oc1cccc(Cl)c1Cl)C(=O)N1CCn2cccc2C1C. The summed E-state index contributed by atoms with van der Waals surface area (Å²) in [5, 5.41) is 0.738. The molecule has 1 aromatic carbocycles. The van der Waals surface area contributed by atoms with Gasteiger partial charge in [-0.15, -0.1) is 0 Å². The first-order valence-electron chi connectivity index (χ1n) is 7.55. The molecule has 1 aromatic heterocycles. The van der Waals surface area contributed by atoms with Crippen molar-refractivity contribution in [2.45, 2.75) is 32.5 Å². The van der Waals surface area contributed by atoms with Crippen molar-refractivity contribution < 1.29 is 9.53 Å². The summed E-state index contributed by atoms with van der Waals surface area (Å²) in [5.74, 6) is 0.369. The Morgan fingerprint density at radius 3 is 2.83 bits per heavy atom. The van der Waals surface area contributed by atoms with Gasteiger partial charge in [-0.3, -0.25) is 4.79 Å². The number of carbonyl (C=O) groups excluding carboxylic acids is 1. The monoisotopic (exact) mass is 352 g/mol. The van der Waals surface area contributed by atoms with E-state index in [1.54, 1.807) is 25.1 Å². The number of ether oxygens (including phenoxy) is 1. The Kier molecular flexibility index (Phi) is 4.55. The average Bonchev–Trinajstić information content (AvgIpc) is 3.01. The molecule has 0 saturated carbocycles. The first-order valence-corrected chi connectivity index (χ1v) is 8.31. The fourth-order valence-electron chi connectivity index (χ4n) is 2.93. The number of rotatable bonds is 3. The number of aromatic nitrogens is 1. The molecule has 1 amide bonds. The second kappa shape index (κ2) is 6.46. The van der Waals surface area contributed by atoms with Crippen LogP contribution in [0, 0.1) is 0 Å². The number of nitrogens with zero attached hydrogens (tertiary/aromatic N) is 2. The number of halogens is 2. The molecule has 6 heteroatoms. The van der Waals surface area contributed by atoms with Gasteiger partial charge in [-0.25, -0.2) is 0 Å².